The maximum atomic E-state index is 8.84. The van der Waals surface area contributed by atoms with E-state index in [9.17, 15) is 0 Å². The second kappa shape index (κ2) is 4.73. The molecule has 0 bridgehead atoms. The lowest BCUT2D eigenvalue weighted by Crippen LogP contribution is -2.18. The Kier molecular flexibility index (Phi) is 4.67. The predicted octanol–water partition coefficient (Wildman–Crippen LogP) is 0.112. The van der Waals surface area contributed by atoms with Crippen LogP contribution in [0.4, 0.5) is 0 Å². The number of hydrogen-bond donors (Lipinski definition) is 2. The number of aliphatic hydroxyl groups excluding tert-OH is 2. The van der Waals surface area contributed by atoms with Crippen LogP contribution >= 0.6 is 0 Å². The highest BCUT2D eigenvalue weighted by Crippen LogP contribution is 1.97. The van der Waals surface area contributed by atoms with Crippen molar-refractivity contribution in [1.82, 2.24) is 0 Å². The van der Waals surface area contributed by atoms with Gasteiger partial charge in [-0.1, -0.05) is 0 Å². The molecule has 0 spiro atoms. The predicted molar refractivity (Wildman–Crippen MR) is 33.9 cm³/mol. The van der Waals surface area contributed by atoms with E-state index in [1.807, 2.05) is 13.8 Å². The number of ether oxygens (including phenoxy) is 1. The Hall–Kier alpha value is -0.120. The van der Waals surface area contributed by atoms with E-state index < -0.39 is 6.29 Å². The van der Waals surface area contributed by atoms with Crippen LogP contribution in [0.3, 0.4) is 0 Å². The minimum Gasteiger partial charge on any atom is -0.396 e. The molecular formula is C6H14O3. The third-order valence-electron chi connectivity index (χ3n) is 0.805. The first-order chi connectivity index (χ1) is 4.16. The van der Waals surface area contributed by atoms with Crippen molar-refractivity contribution < 1.29 is 14.9 Å². The van der Waals surface area contributed by atoms with Crippen LogP contribution in [-0.2, 0) is 4.74 Å². The Morgan fingerprint density at radius 2 is 2.00 bits per heavy atom. The summed E-state index contributed by atoms with van der Waals surface area (Å²) in [4.78, 5) is 0. The fourth-order valence-electron chi connectivity index (χ4n) is 0.493. The average molecular weight is 134 g/mol. The summed E-state index contributed by atoms with van der Waals surface area (Å²) in [7, 11) is 0. The fraction of sp³-hybridized carbons (Fsp3) is 1.00. The van der Waals surface area contributed by atoms with Crippen molar-refractivity contribution >= 4 is 0 Å². The number of hydrogen-bond acceptors (Lipinski definition) is 3. The molecule has 0 aromatic carbocycles. The highest BCUT2D eigenvalue weighted by molar-refractivity contribution is 4.42. The van der Waals surface area contributed by atoms with Gasteiger partial charge < -0.3 is 14.9 Å². The number of aliphatic hydroxyl groups is 2. The van der Waals surface area contributed by atoms with Crippen molar-refractivity contribution in [3.8, 4) is 0 Å². The van der Waals surface area contributed by atoms with Gasteiger partial charge in [-0.3, -0.25) is 0 Å². The minimum absolute atomic E-state index is 0.0200. The molecule has 2 N–H and O–H groups in total. The van der Waals surface area contributed by atoms with E-state index in [0.29, 0.717) is 0 Å². The average Bonchev–Trinajstić information content (AvgIpc) is 1.63. The summed E-state index contributed by atoms with van der Waals surface area (Å²) in [6, 6.07) is 0. The quantitative estimate of drug-likeness (QED) is 0.536. The van der Waals surface area contributed by atoms with Gasteiger partial charge in [0.1, 0.15) is 0 Å². The standard InChI is InChI=1S/C6H14O3/c1-5(2)9-6(8)3-4-7/h5-8H,3-4H2,1-2H3. The van der Waals surface area contributed by atoms with Gasteiger partial charge in [0, 0.05) is 13.0 Å². The Morgan fingerprint density at radius 3 is 2.33 bits per heavy atom. The van der Waals surface area contributed by atoms with E-state index in [1.165, 1.54) is 0 Å². The minimum atomic E-state index is -0.810. The van der Waals surface area contributed by atoms with Crippen LogP contribution in [0.15, 0.2) is 0 Å². The monoisotopic (exact) mass is 134 g/mol. The molecule has 56 valence electrons. The molecule has 0 saturated heterocycles. The summed E-state index contributed by atoms with van der Waals surface area (Å²) in [5, 5.41) is 17.1. The smallest absolute Gasteiger partial charge is 0.157 e. The Morgan fingerprint density at radius 1 is 1.44 bits per heavy atom. The Balaban J connectivity index is 3.15. The normalized spacial score (nSPS) is 14.3. The van der Waals surface area contributed by atoms with Crippen molar-refractivity contribution in [2.45, 2.75) is 32.7 Å². The van der Waals surface area contributed by atoms with E-state index in [1.54, 1.807) is 0 Å². The first-order valence-electron chi connectivity index (χ1n) is 3.11. The van der Waals surface area contributed by atoms with Gasteiger partial charge in [-0.15, -0.1) is 0 Å². The molecule has 0 aliphatic carbocycles. The van der Waals surface area contributed by atoms with Gasteiger partial charge in [0.05, 0.1) is 6.10 Å². The summed E-state index contributed by atoms with van der Waals surface area (Å²) in [6.45, 7) is 3.63. The third-order valence-corrected chi connectivity index (χ3v) is 0.805. The van der Waals surface area contributed by atoms with E-state index in [4.69, 9.17) is 14.9 Å². The summed E-state index contributed by atoms with van der Waals surface area (Å²) < 4.78 is 4.89. The van der Waals surface area contributed by atoms with E-state index in [2.05, 4.69) is 0 Å². The van der Waals surface area contributed by atoms with Crippen LogP contribution in [0.2, 0.25) is 0 Å². The molecule has 0 radical (unpaired) electrons. The molecule has 0 rings (SSSR count). The Labute approximate surface area is 55.3 Å². The zero-order valence-electron chi connectivity index (χ0n) is 5.87. The molecule has 0 heterocycles. The molecule has 0 aliphatic heterocycles. The molecule has 0 saturated carbocycles. The highest BCUT2D eigenvalue weighted by Gasteiger charge is 2.03. The Bertz CT molecular complexity index is 63.3. The maximum Gasteiger partial charge on any atom is 0.157 e. The molecule has 3 nitrogen and oxygen atoms in total. The second-order valence-electron chi connectivity index (χ2n) is 2.15. The van der Waals surface area contributed by atoms with E-state index >= 15 is 0 Å². The van der Waals surface area contributed by atoms with Gasteiger partial charge in [0.15, 0.2) is 6.29 Å². The van der Waals surface area contributed by atoms with Crippen LogP contribution in [0.25, 0.3) is 0 Å². The number of rotatable bonds is 4. The molecule has 9 heavy (non-hydrogen) atoms. The SMILES string of the molecule is CC(C)OC(O)CCO. The molecule has 0 aliphatic rings. The van der Waals surface area contributed by atoms with Crippen molar-refractivity contribution in [1.29, 1.82) is 0 Å². The lowest BCUT2D eigenvalue weighted by Gasteiger charge is -2.12. The first-order valence-corrected chi connectivity index (χ1v) is 3.11. The van der Waals surface area contributed by atoms with Gasteiger partial charge >= 0.3 is 0 Å². The van der Waals surface area contributed by atoms with Crippen LogP contribution in [0.5, 0.6) is 0 Å². The second-order valence-corrected chi connectivity index (χ2v) is 2.15. The third kappa shape index (κ3) is 5.76. The summed E-state index contributed by atoms with van der Waals surface area (Å²) in [5.41, 5.74) is 0. The lowest BCUT2D eigenvalue weighted by atomic mass is 10.4. The van der Waals surface area contributed by atoms with Crippen molar-refractivity contribution in [3.05, 3.63) is 0 Å². The van der Waals surface area contributed by atoms with Crippen LogP contribution in [0, 0.1) is 0 Å². The van der Waals surface area contributed by atoms with Gasteiger partial charge in [0.2, 0.25) is 0 Å². The molecule has 0 fully saturated rings. The fourth-order valence-corrected chi connectivity index (χ4v) is 0.493. The molecule has 0 aromatic heterocycles. The summed E-state index contributed by atoms with van der Waals surface area (Å²) >= 11 is 0. The van der Waals surface area contributed by atoms with Gasteiger partial charge in [0.25, 0.3) is 0 Å². The van der Waals surface area contributed by atoms with Gasteiger partial charge in [-0.2, -0.15) is 0 Å². The van der Waals surface area contributed by atoms with Crippen molar-refractivity contribution in [2.24, 2.45) is 0 Å². The summed E-state index contributed by atoms with van der Waals surface area (Å²) in [5.74, 6) is 0. The maximum absolute atomic E-state index is 8.84. The zero-order chi connectivity index (χ0) is 7.28. The zero-order valence-corrected chi connectivity index (χ0v) is 5.87. The van der Waals surface area contributed by atoms with Crippen LogP contribution < -0.4 is 0 Å². The topological polar surface area (TPSA) is 49.7 Å². The van der Waals surface area contributed by atoms with Crippen LogP contribution in [-0.4, -0.2) is 29.2 Å². The van der Waals surface area contributed by atoms with Gasteiger partial charge in [-0.25, -0.2) is 0 Å². The lowest BCUT2D eigenvalue weighted by molar-refractivity contribution is -0.133. The highest BCUT2D eigenvalue weighted by atomic mass is 16.6. The van der Waals surface area contributed by atoms with Crippen molar-refractivity contribution in [3.63, 3.8) is 0 Å². The molecule has 0 aromatic rings. The molecule has 1 atom stereocenters. The first kappa shape index (κ1) is 8.88. The largest absolute Gasteiger partial charge is 0.396 e. The van der Waals surface area contributed by atoms with Crippen molar-refractivity contribution in [2.75, 3.05) is 6.61 Å². The molecule has 1 unspecified atom stereocenters. The summed E-state index contributed by atoms with van der Waals surface area (Å²) in [6.07, 6.45) is -0.500. The molecular weight excluding hydrogens is 120 g/mol. The van der Waals surface area contributed by atoms with Crippen LogP contribution in [0.1, 0.15) is 20.3 Å². The molecule has 0 amide bonds. The molecule has 3 heteroatoms. The van der Waals surface area contributed by atoms with E-state index in [0.717, 1.165) is 0 Å². The van der Waals surface area contributed by atoms with Gasteiger partial charge in [-0.05, 0) is 13.8 Å². The van der Waals surface area contributed by atoms with E-state index in [-0.39, 0.29) is 19.1 Å².